The number of nitrogens with one attached hydrogen (secondary N) is 1. The van der Waals surface area contributed by atoms with Crippen molar-refractivity contribution in [1.29, 1.82) is 0 Å². The summed E-state index contributed by atoms with van der Waals surface area (Å²) in [5, 5.41) is 2.90. The molecule has 3 rings (SSSR count). The molecule has 0 aromatic heterocycles. The van der Waals surface area contributed by atoms with Crippen molar-refractivity contribution in [3.8, 4) is 0 Å². The lowest BCUT2D eigenvalue weighted by Crippen LogP contribution is -2.36. The third-order valence-electron chi connectivity index (χ3n) is 4.56. The average molecular weight is 336 g/mol. The Balaban J connectivity index is 1.58. The number of hydrogen-bond donors (Lipinski definition) is 1. The van der Waals surface area contributed by atoms with Crippen molar-refractivity contribution in [3.63, 3.8) is 0 Å². The van der Waals surface area contributed by atoms with Crippen LogP contribution < -0.4 is 5.32 Å². The predicted molar refractivity (Wildman–Crippen MR) is 99.7 cm³/mol. The van der Waals surface area contributed by atoms with Crippen LogP contribution in [0.3, 0.4) is 0 Å². The van der Waals surface area contributed by atoms with Crippen LogP contribution in [-0.2, 0) is 11.2 Å². The van der Waals surface area contributed by atoms with Gasteiger partial charge in [0.05, 0.1) is 6.42 Å². The van der Waals surface area contributed by atoms with Gasteiger partial charge >= 0.3 is 0 Å². The van der Waals surface area contributed by atoms with Crippen molar-refractivity contribution >= 4 is 17.5 Å². The lowest BCUT2D eigenvalue weighted by molar-refractivity contribution is -0.131. The molecule has 2 amide bonds. The summed E-state index contributed by atoms with van der Waals surface area (Å²) in [4.78, 5) is 26.5. The van der Waals surface area contributed by atoms with Crippen molar-refractivity contribution in [1.82, 2.24) is 4.90 Å². The molecule has 0 bridgehead atoms. The number of amides is 2. The number of rotatable bonds is 4. The molecule has 0 saturated carbocycles. The van der Waals surface area contributed by atoms with Crippen LogP contribution in [0, 0.1) is 6.92 Å². The molecule has 0 radical (unpaired) electrons. The summed E-state index contributed by atoms with van der Waals surface area (Å²) < 4.78 is 0. The summed E-state index contributed by atoms with van der Waals surface area (Å²) in [6.07, 6.45) is 3.86. The molecule has 130 valence electrons. The summed E-state index contributed by atoms with van der Waals surface area (Å²) >= 11 is 0. The molecule has 0 unspecified atom stereocenters. The maximum Gasteiger partial charge on any atom is 0.255 e. The quantitative estimate of drug-likeness (QED) is 0.923. The molecule has 1 fully saturated rings. The first kappa shape index (κ1) is 17.2. The number of carbonyl (C=O) groups excluding carboxylic acids is 2. The Morgan fingerprint density at radius 1 is 1.00 bits per heavy atom. The zero-order valence-corrected chi connectivity index (χ0v) is 14.6. The minimum atomic E-state index is -0.124. The molecular formula is C21H24N2O2. The summed E-state index contributed by atoms with van der Waals surface area (Å²) in [6.45, 7) is 3.72. The first-order valence-electron chi connectivity index (χ1n) is 8.86. The molecular weight excluding hydrogens is 312 g/mol. The number of nitrogens with zero attached hydrogens (tertiary/aromatic N) is 1. The van der Waals surface area contributed by atoms with Crippen molar-refractivity contribution in [2.75, 3.05) is 18.4 Å². The number of likely N-dealkylation sites (tertiary alicyclic amines) is 1. The van der Waals surface area contributed by atoms with Crippen LogP contribution in [0.5, 0.6) is 0 Å². The molecule has 25 heavy (non-hydrogen) atoms. The fourth-order valence-electron chi connectivity index (χ4n) is 3.13. The molecule has 0 aliphatic carbocycles. The van der Waals surface area contributed by atoms with Gasteiger partial charge in [-0.2, -0.15) is 0 Å². The van der Waals surface area contributed by atoms with E-state index >= 15 is 0 Å². The molecule has 1 aliphatic rings. The van der Waals surface area contributed by atoms with E-state index < -0.39 is 0 Å². The van der Waals surface area contributed by atoms with E-state index in [-0.39, 0.29) is 11.8 Å². The molecule has 1 N–H and O–H groups in total. The SMILES string of the molecule is Cc1cccc(C(=O)Nc2ccc(CC(=O)N3CCCCC3)cc2)c1. The minimum Gasteiger partial charge on any atom is -0.342 e. The van der Waals surface area contributed by atoms with E-state index in [0.29, 0.717) is 12.0 Å². The Bertz CT molecular complexity index is 747. The Morgan fingerprint density at radius 3 is 2.40 bits per heavy atom. The molecule has 1 aliphatic heterocycles. The standard InChI is InChI=1S/C21H24N2O2/c1-16-6-5-7-18(14-16)21(25)22-19-10-8-17(9-11-19)15-20(24)23-12-3-2-4-13-23/h5-11,14H,2-4,12-13,15H2,1H3,(H,22,25). The van der Waals surface area contributed by atoms with E-state index in [1.165, 1.54) is 6.42 Å². The van der Waals surface area contributed by atoms with Gasteiger partial charge in [-0.15, -0.1) is 0 Å². The maximum atomic E-state index is 12.3. The summed E-state index contributed by atoms with van der Waals surface area (Å²) in [5.74, 6) is 0.0667. The molecule has 2 aromatic carbocycles. The zero-order chi connectivity index (χ0) is 17.6. The monoisotopic (exact) mass is 336 g/mol. The summed E-state index contributed by atoms with van der Waals surface area (Å²) in [6, 6.07) is 15.0. The maximum absolute atomic E-state index is 12.3. The highest BCUT2D eigenvalue weighted by atomic mass is 16.2. The Morgan fingerprint density at radius 2 is 1.72 bits per heavy atom. The molecule has 0 atom stereocenters. The predicted octanol–water partition coefficient (Wildman–Crippen LogP) is 3.80. The Labute approximate surface area is 148 Å². The van der Waals surface area contributed by atoms with Crippen LogP contribution in [0.1, 0.15) is 40.7 Å². The van der Waals surface area contributed by atoms with Gasteiger partial charge in [0.25, 0.3) is 5.91 Å². The van der Waals surface area contributed by atoms with Crippen LogP contribution >= 0.6 is 0 Å². The third-order valence-corrected chi connectivity index (χ3v) is 4.56. The highest BCUT2D eigenvalue weighted by molar-refractivity contribution is 6.04. The van der Waals surface area contributed by atoms with Gasteiger partial charge in [0.1, 0.15) is 0 Å². The molecule has 2 aromatic rings. The van der Waals surface area contributed by atoms with E-state index in [4.69, 9.17) is 0 Å². The van der Waals surface area contributed by atoms with Crippen LogP contribution in [0.15, 0.2) is 48.5 Å². The van der Waals surface area contributed by atoms with E-state index in [1.807, 2.05) is 54.3 Å². The van der Waals surface area contributed by atoms with Crippen LogP contribution in [0.25, 0.3) is 0 Å². The van der Waals surface area contributed by atoms with Crippen LogP contribution in [0.2, 0.25) is 0 Å². The molecule has 4 heteroatoms. The second kappa shape index (κ2) is 7.97. The lowest BCUT2D eigenvalue weighted by Gasteiger charge is -2.26. The van der Waals surface area contributed by atoms with Crippen LogP contribution in [-0.4, -0.2) is 29.8 Å². The first-order chi connectivity index (χ1) is 12.1. The van der Waals surface area contributed by atoms with Gasteiger partial charge in [0.15, 0.2) is 0 Å². The van der Waals surface area contributed by atoms with E-state index in [1.54, 1.807) is 6.07 Å². The van der Waals surface area contributed by atoms with Gasteiger partial charge in [-0.05, 0) is 56.0 Å². The van der Waals surface area contributed by atoms with Gasteiger partial charge in [0, 0.05) is 24.3 Å². The normalized spacial score (nSPS) is 14.2. The number of piperidine rings is 1. The molecule has 1 heterocycles. The minimum absolute atomic E-state index is 0.124. The zero-order valence-electron chi connectivity index (χ0n) is 14.6. The molecule has 4 nitrogen and oxygen atoms in total. The van der Waals surface area contributed by atoms with Crippen molar-refractivity contribution in [3.05, 3.63) is 65.2 Å². The second-order valence-corrected chi connectivity index (χ2v) is 6.64. The van der Waals surface area contributed by atoms with Gasteiger partial charge in [-0.3, -0.25) is 9.59 Å². The lowest BCUT2D eigenvalue weighted by atomic mass is 10.1. The smallest absolute Gasteiger partial charge is 0.255 e. The molecule has 1 saturated heterocycles. The topological polar surface area (TPSA) is 49.4 Å². The number of benzene rings is 2. The average Bonchev–Trinajstić information content (AvgIpc) is 2.64. The van der Waals surface area contributed by atoms with E-state index in [9.17, 15) is 9.59 Å². The van der Waals surface area contributed by atoms with E-state index in [2.05, 4.69) is 5.32 Å². The Hall–Kier alpha value is -2.62. The first-order valence-corrected chi connectivity index (χ1v) is 8.86. The fraction of sp³-hybridized carbons (Fsp3) is 0.333. The van der Waals surface area contributed by atoms with E-state index in [0.717, 1.165) is 42.7 Å². The number of aryl methyl sites for hydroxylation is 1. The number of anilines is 1. The van der Waals surface area contributed by atoms with Crippen molar-refractivity contribution < 1.29 is 9.59 Å². The number of hydrogen-bond acceptors (Lipinski definition) is 2. The van der Waals surface area contributed by atoms with Crippen molar-refractivity contribution in [2.24, 2.45) is 0 Å². The van der Waals surface area contributed by atoms with Gasteiger partial charge in [0.2, 0.25) is 5.91 Å². The van der Waals surface area contributed by atoms with Gasteiger partial charge in [-0.1, -0.05) is 29.8 Å². The summed E-state index contributed by atoms with van der Waals surface area (Å²) in [7, 11) is 0. The highest BCUT2D eigenvalue weighted by Crippen LogP contribution is 2.15. The van der Waals surface area contributed by atoms with Crippen LogP contribution in [0.4, 0.5) is 5.69 Å². The highest BCUT2D eigenvalue weighted by Gasteiger charge is 2.16. The van der Waals surface area contributed by atoms with Gasteiger partial charge < -0.3 is 10.2 Å². The molecule has 0 spiro atoms. The summed E-state index contributed by atoms with van der Waals surface area (Å²) in [5.41, 5.74) is 3.41. The Kier molecular flexibility index (Phi) is 5.49. The van der Waals surface area contributed by atoms with Crippen molar-refractivity contribution in [2.45, 2.75) is 32.6 Å². The largest absolute Gasteiger partial charge is 0.342 e. The van der Waals surface area contributed by atoms with Gasteiger partial charge in [-0.25, -0.2) is 0 Å². The number of carbonyl (C=O) groups is 2. The fourth-order valence-corrected chi connectivity index (χ4v) is 3.13. The second-order valence-electron chi connectivity index (χ2n) is 6.64. The third kappa shape index (κ3) is 4.69.